The number of hydrogen-bond donors (Lipinski definition) is 1. The maximum Gasteiger partial charge on any atom is 0.331 e. The van der Waals surface area contributed by atoms with E-state index in [1.807, 2.05) is 25.1 Å². The summed E-state index contributed by atoms with van der Waals surface area (Å²) < 4.78 is 2.67. The van der Waals surface area contributed by atoms with E-state index in [-0.39, 0.29) is 24.1 Å². The lowest BCUT2D eigenvalue weighted by atomic mass is 10.1. The third-order valence-electron chi connectivity index (χ3n) is 5.48. The molecule has 1 amide bonds. The molecule has 0 spiro atoms. The minimum absolute atomic E-state index is 0.0264. The van der Waals surface area contributed by atoms with Gasteiger partial charge in [-0.25, -0.2) is 4.79 Å². The van der Waals surface area contributed by atoms with Crippen LogP contribution in [0, 0.1) is 5.92 Å². The molecule has 0 aliphatic heterocycles. The number of benzene rings is 2. The zero-order valence-corrected chi connectivity index (χ0v) is 18.5. The van der Waals surface area contributed by atoms with Gasteiger partial charge in [-0.2, -0.15) is 0 Å². The van der Waals surface area contributed by atoms with E-state index in [0.717, 1.165) is 19.3 Å². The fourth-order valence-corrected chi connectivity index (χ4v) is 3.67. The van der Waals surface area contributed by atoms with Gasteiger partial charge in [0.25, 0.3) is 5.56 Å². The van der Waals surface area contributed by atoms with Crippen LogP contribution in [0.15, 0.2) is 64.2 Å². The molecule has 0 radical (unpaired) electrons. The predicted molar refractivity (Wildman–Crippen MR) is 124 cm³/mol. The molecule has 0 aliphatic carbocycles. The Hall–Kier alpha value is -3.15. The van der Waals surface area contributed by atoms with Crippen LogP contribution >= 0.6 is 0 Å². The van der Waals surface area contributed by atoms with E-state index in [0.29, 0.717) is 23.4 Å². The zero-order chi connectivity index (χ0) is 22.4. The highest BCUT2D eigenvalue weighted by atomic mass is 16.2. The van der Waals surface area contributed by atoms with Gasteiger partial charge in [0.15, 0.2) is 0 Å². The van der Waals surface area contributed by atoms with Gasteiger partial charge in [-0.3, -0.25) is 18.7 Å². The van der Waals surface area contributed by atoms with Crippen molar-refractivity contribution in [1.29, 1.82) is 0 Å². The molecule has 31 heavy (non-hydrogen) atoms. The first-order valence-electron chi connectivity index (χ1n) is 10.9. The van der Waals surface area contributed by atoms with Gasteiger partial charge in [0.05, 0.1) is 10.9 Å². The third-order valence-corrected chi connectivity index (χ3v) is 5.48. The summed E-state index contributed by atoms with van der Waals surface area (Å²) in [5, 5.41) is 3.44. The molecule has 3 rings (SSSR count). The fourth-order valence-electron chi connectivity index (χ4n) is 3.67. The summed E-state index contributed by atoms with van der Waals surface area (Å²) in [6, 6.07) is 17.1. The standard InChI is InChI=1S/C25H31N3O3/c1-18(2)15-16-27-24(30)21-11-7-8-12-22(21)28(25(27)31)17-23(29)26-19(3)13-14-20-9-5-4-6-10-20/h4-12,18-19H,13-17H2,1-3H3,(H,26,29). The van der Waals surface area contributed by atoms with Crippen LogP contribution < -0.4 is 16.6 Å². The fraction of sp³-hybridized carbons (Fsp3) is 0.400. The van der Waals surface area contributed by atoms with Gasteiger partial charge in [0.1, 0.15) is 6.54 Å². The van der Waals surface area contributed by atoms with Crippen LogP contribution in [0.2, 0.25) is 0 Å². The maximum atomic E-state index is 13.1. The monoisotopic (exact) mass is 421 g/mol. The average molecular weight is 422 g/mol. The van der Waals surface area contributed by atoms with Crippen molar-refractivity contribution in [2.45, 2.75) is 59.2 Å². The van der Waals surface area contributed by atoms with Crippen molar-refractivity contribution < 1.29 is 4.79 Å². The van der Waals surface area contributed by atoms with Crippen LogP contribution in [-0.4, -0.2) is 21.1 Å². The molecule has 1 aromatic heterocycles. The normalized spacial score (nSPS) is 12.3. The number of carbonyl (C=O) groups is 1. The van der Waals surface area contributed by atoms with Crippen molar-refractivity contribution in [2.24, 2.45) is 5.92 Å². The first-order valence-corrected chi connectivity index (χ1v) is 10.9. The van der Waals surface area contributed by atoms with Crippen LogP contribution in [0.4, 0.5) is 0 Å². The average Bonchev–Trinajstić information content (AvgIpc) is 2.75. The molecule has 0 aliphatic rings. The van der Waals surface area contributed by atoms with Crippen molar-refractivity contribution in [3.63, 3.8) is 0 Å². The summed E-state index contributed by atoms with van der Waals surface area (Å²) >= 11 is 0. The number of fused-ring (bicyclic) bond motifs is 1. The second-order valence-corrected chi connectivity index (χ2v) is 8.52. The molecule has 1 N–H and O–H groups in total. The minimum atomic E-state index is -0.434. The van der Waals surface area contributed by atoms with Crippen molar-refractivity contribution >= 4 is 16.8 Å². The topological polar surface area (TPSA) is 73.1 Å². The second kappa shape index (κ2) is 10.2. The second-order valence-electron chi connectivity index (χ2n) is 8.52. The largest absolute Gasteiger partial charge is 0.352 e. The van der Waals surface area contributed by atoms with E-state index in [4.69, 9.17) is 0 Å². The Labute approximate surface area is 182 Å². The number of amides is 1. The number of aromatic nitrogens is 2. The van der Waals surface area contributed by atoms with Crippen molar-refractivity contribution in [3.8, 4) is 0 Å². The highest BCUT2D eigenvalue weighted by Crippen LogP contribution is 2.09. The Kier molecular flexibility index (Phi) is 7.45. The zero-order valence-electron chi connectivity index (χ0n) is 18.5. The van der Waals surface area contributed by atoms with Crippen LogP contribution in [-0.2, 0) is 24.3 Å². The number of rotatable bonds is 9. The van der Waals surface area contributed by atoms with Gasteiger partial charge >= 0.3 is 5.69 Å². The smallest absolute Gasteiger partial charge is 0.331 e. The maximum absolute atomic E-state index is 13.1. The highest BCUT2D eigenvalue weighted by molar-refractivity contribution is 5.81. The lowest BCUT2D eigenvalue weighted by molar-refractivity contribution is -0.122. The molecule has 1 atom stereocenters. The van der Waals surface area contributed by atoms with E-state index in [2.05, 4.69) is 31.3 Å². The summed E-state index contributed by atoms with van der Waals surface area (Å²) in [6.45, 7) is 6.29. The Morgan fingerprint density at radius 2 is 1.58 bits per heavy atom. The first-order chi connectivity index (χ1) is 14.9. The molecule has 0 fully saturated rings. The Morgan fingerprint density at radius 1 is 0.903 bits per heavy atom. The highest BCUT2D eigenvalue weighted by Gasteiger charge is 2.16. The van der Waals surface area contributed by atoms with Crippen molar-refractivity contribution in [2.75, 3.05) is 0 Å². The SMILES string of the molecule is CC(C)CCn1c(=O)c2ccccc2n(CC(=O)NC(C)CCc2ccccc2)c1=O. The van der Waals surface area contributed by atoms with E-state index >= 15 is 0 Å². The molecule has 2 aromatic carbocycles. The number of nitrogens with one attached hydrogen (secondary N) is 1. The lowest BCUT2D eigenvalue weighted by Gasteiger charge is -2.17. The summed E-state index contributed by atoms with van der Waals surface area (Å²) in [7, 11) is 0. The number of hydrogen-bond acceptors (Lipinski definition) is 3. The van der Waals surface area contributed by atoms with Gasteiger partial charge in [0, 0.05) is 12.6 Å². The lowest BCUT2D eigenvalue weighted by Crippen LogP contribution is -2.44. The van der Waals surface area contributed by atoms with Gasteiger partial charge < -0.3 is 5.32 Å². The molecule has 6 heteroatoms. The Bertz CT molecular complexity index is 1150. The third kappa shape index (κ3) is 5.72. The van der Waals surface area contributed by atoms with Crippen LogP contribution in [0.5, 0.6) is 0 Å². The summed E-state index contributed by atoms with van der Waals surface area (Å²) in [5.41, 5.74) is 0.985. The summed E-state index contributed by atoms with van der Waals surface area (Å²) in [5.74, 6) is 0.127. The minimum Gasteiger partial charge on any atom is -0.352 e. The van der Waals surface area contributed by atoms with Crippen molar-refractivity contribution in [3.05, 3.63) is 81.0 Å². The molecule has 0 saturated heterocycles. The van der Waals surface area contributed by atoms with Gasteiger partial charge in [-0.05, 0) is 49.8 Å². The van der Waals surface area contributed by atoms with Crippen molar-refractivity contribution in [1.82, 2.24) is 14.5 Å². The molecule has 164 valence electrons. The number of para-hydroxylation sites is 1. The van der Waals surface area contributed by atoms with Gasteiger partial charge in [-0.15, -0.1) is 0 Å². The van der Waals surface area contributed by atoms with E-state index < -0.39 is 5.69 Å². The molecular weight excluding hydrogens is 390 g/mol. The van der Waals surface area contributed by atoms with Gasteiger partial charge in [0.2, 0.25) is 5.91 Å². The molecule has 0 saturated carbocycles. The Balaban J connectivity index is 1.79. The Morgan fingerprint density at radius 3 is 2.29 bits per heavy atom. The van der Waals surface area contributed by atoms with Crippen LogP contribution in [0.1, 0.15) is 39.2 Å². The first kappa shape index (κ1) is 22.5. The molecule has 1 heterocycles. The van der Waals surface area contributed by atoms with E-state index in [1.54, 1.807) is 24.3 Å². The number of aryl methyl sites for hydroxylation is 1. The molecule has 1 unspecified atom stereocenters. The quantitative estimate of drug-likeness (QED) is 0.576. The molecular formula is C25H31N3O3. The number of nitrogens with zero attached hydrogens (tertiary/aromatic N) is 2. The van der Waals surface area contributed by atoms with Crippen LogP contribution in [0.3, 0.4) is 0 Å². The van der Waals surface area contributed by atoms with E-state index in [1.165, 1.54) is 14.7 Å². The van der Waals surface area contributed by atoms with Crippen LogP contribution in [0.25, 0.3) is 10.9 Å². The molecule has 6 nitrogen and oxygen atoms in total. The molecule has 0 bridgehead atoms. The van der Waals surface area contributed by atoms with E-state index in [9.17, 15) is 14.4 Å². The summed E-state index contributed by atoms with van der Waals surface area (Å²) in [4.78, 5) is 38.7. The predicted octanol–water partition coefficient (Wildman–Crippen LogP) is 3.35. The molecule has 3 aromatic rings. The van der Waals surface area contributed by atoms with Gasteiger partial charge in [-0.1, -0.05) is 56.3 Å². The summed E-state index contributed by atoms with van der Waals surface area (Å²) in [6.07, 6.45) is 2.39. The number of carbonyl (C=O) groups excluding carboxylic acids is 1.